The molecule has 1 saturated heterocycles. The van der Waals surface area contributed by atoms with Gasteiger partial charge in [0.15, 0.2) is 0 Å². The number of para-hydroxylation sites is 1. The van der Waals surface area contributed by atoms with Crippen LogP contribution in [0.25, 0.3) is 0 Å². The third kappa shape index (κ3) is 6.20. The van der Waals surface area contributed by atoms with E-state index in [2.05, 4.69) is 51.6 Å². The van der Waals surface area contributed by atoms with E-state index >= 15 is 0 Å². The molecule has 0 bridgehead atoms. The molecule has 1 heterocycles. The highest BCUT2D eigenvalue weighted by Gasteiger charge is 2.20. The van der Waals surface area contributed by atoms with Gasteiger partial charge in [-0.1, -0.05) is 54.6 Å². The molecule has 170 valence electrons. The van der Waals surface area contributed by atoms with Gasteiger partial charge in [-0.2, -0.15) is 0 Å². The minimum atomic E-state index is -0.207. The van der Waals surface area contributed by atoms with Gasteiger partial charge in [0.25, 0.3) is 5.91 Å². The van der Waals surface area contributed by atoms with Crippen LogP contribution in [0.1, 0.15) is 21.5 Å². The number of carbonyl (C=O) groups is 2. The number of hydrogen-bond acceptors (Lipinski definition) is 4. The molecule has 33 heavy (non-hydrogen) atoms. The summed E-state index contributed by atoms with van der Waals surface area (Å²) in [4.78, 5) is 30.0. The maximum absolute atomic E-state index is 12.7. The van der Waals surface area contributed by atoms with Crippen molar-refractivity contribution >= 4 is 23.2 Å². The number of piperazine rings is 1. The molecule has 0 spiro atoms. The van der Waals surface area contributed by atoms with E-state index < -0.39 is 0 Å². The lowest BCUT2D eigenvalue weighted by Crippen LogP contribution is -2.48. The highest BCUT2D eigenvalue weighted by atomic mass is 16.2. The number of carbonyl (C=O) groups excluding carboxylic acids is 2. The highest BCUT2D eigenvalue weighted by molar-refractivity contribution is 6.04. The van der Waals surface area contributed by atoms with Gasteiger partial charge in [-0.3, -0.25) is 14.5 Å². The van der Waals surface area contributed by atoms with Crippen LogP contribution in [0.5, 0.6) is 0 Å². The third-order valence-corrected chi connectivity index (χ3v) is 5.85. The summed E-state index contributed by atoms with van der Waals surface area (Å²) in [5.74, 6) is -0.316. The van der Waals surface area contributed by atoms with E-state index in [-0.39, 0.29) is 11.8 Å². The number of rotatable bonds is 7. The lowest BCUT2D eigenvalue weighted by atomic mass is 10.1. The van der Waals surface area contributed by atoms with Crippen molar-refractivity contribution in [3.05, 3.63) is 95.6 Å². The number of benzene rings is 3. The minimum Gasteiger partial charge on any atom is -0.369 e. The first-order valence-corrected chi connectivity index (χ1v) is 11.3. The number of hydrogen-bond donors (Lipinski definition) is 2. The van der Waals surface area contributed by atoms with E-state index in [1.807, 2.05) is 36.4 Å². The summed E-state index contributed by atoms with van der Waals surface area (Å²) in [5.41, 5.74) is 4.50. The smallest absolute Gasteiger partial charge is 0.253 e. The van der Waals surface area contributed by atoms with Crippen molar-refractivity contribution in [1.82, 2.24) is 10.2 Å². The van der Waals surface area contributed by atoms with Gasteiger partial charge >= 0.3 is 0 Å². The minimum absolute atomic E-state index is 0.109. The van der Waals surface area contributed by atoms with Crippen LogP contribution in [0.3, 0.4) is 0 Å². The fourth-order valence-electron chi connectivity index (χ4n) is 4.05. The van der Waals surface area contributed by atoms with Gasteiger partial charge < -0.3 is 15.5 Å². The molecule has 6 heteroatoms. The van der Waals surface area contributed by atoms with Crippen LogP contribution >= 0.6 is 0 Å². The lowest BCUT2D eigenvalue weighted by molar-refractivity contribution is -0.117. The van der Waals surface area contributed by atoms with Gasteiger partial charge in [-0.05, 0) is 42.3 Å². The summed E-state index contributed by atoms with van der Waals surface area (Å²) in [6, 6.07) is 25.4. The molecule has 2 amide bonds. The molecule has 0 atom stereocenters. The lowest BCUT2D eigenvalue weighted by Gasteiger charge is -2.35. The number of aryl methyl sites for hydroxylation is 1. The van der Waals surface area contributed by atoms with Crippen LogP contribution in [-0.4, -0.2) is 49.4 Å². The van der Waals surface area contributed by atoms with Crippen molar-refractivity contribution in [2.75, 3.05) is 42.9 Å². The van der Waals surface area contributed by atoms with E-state index in [4.69, 9.17) is 0 Å². The Balaban J connectivity index is 1.29. The molecule has 3 aromatic carbocycles. The second kappa shape index (κ2) is 10.8. The topological polar surface area (TPSA) is 64.7 Å². The van der Waals surface area contributed by atoms with Crippen molar-refractivity contribution in [1.29, 1.82) is 0 Å². The Morgan fingerprint density at radius 3 is 2.33 bits per heavy atom. The molecular formula is C27H30N4O2. The van der Waals surface area contributed by atoms with E-state index in [0.29, 0.717) is 24.3 Å². The van der Waals surface area contributed by atoms with Crippen molar-refractivity contribution in [2.24, 2.45) is 0 Å². The van der Waals surface area contributed by atoms with E-state index in [0.717, 1.165) is 31.7 Å². The first-order chi connectivity index (χ1) is 16.1. The van der Waals surface area contributed by atoms with E-state index in [1.165, 1.54) is 11.3 Å². The fraction of sp³-hybridized carbons (Fsp3) is 0.259. The van der Waals surface area contributed by atoms with E-state index in [1.54, 1.807) is 18.2 Å². The van der Waals surface area contributed by atoms with Crippen LogP contribution in [0.15, 0.2) is 78.9 Å². The molecule has 0 aromatic heterocycles. The number of anilines is 2. The zero-order valence-corrected chi connectivity index (χ0v) is 19.0. The van der Waals surface area contributed by atoms with Crippen LogP contribution in [0, 0.1) is 6.92 Å². The molecule has 1 aliphatic heterocycles. The molecule has 3 aromatic rings. The first-order valence-electron chi connectivity index (χ1n) is 11.3. The van der Waals surface area contributed by atoms with Gasteiger partial charge in [-0.25, -0.2) is 0 Å². The summed E-state index contributed by atoms with van der Waals surface area (Å²) in [7, 11) is 0. The highest BCUT2D eigenvalue weighted by Crippen LogP contribution is 2.18. The number of nitrogens with zero attached hydrogens (tertiary/aromatic N) is 2. The van der Waals surface area contributed by atoms with Crippen molar-refractivity contribution in [3.8, 4) is 0 Å². The Morgan fingerprint density at radius 2 is 1.58 bits per heavy atom. The SMILES string of the molecule is Cc1cccc(N2CCN(CC(=O)Nc3ccccc3C(=O)NCc3ccccc3)CC2)c1. The molecule has 0 radical (unpaired) electrons. The summed E-state index contributed by atoms with van der Waals surface area (Å²) in [5, 5.41) is 5.86. The molecular weight excluding hydrogens is 412 g/mol. The first kappa shape index (κ1) is 22.6. The Labute approximate surface area is 195 Å². The largest absolute Gasteiger partial charge is 0.369 e. The molecule has 1 fully saturated rings. The average Bonchev–Trinajstić information content (AvgIpc) is 2.84. The normalized spacial score (nSPS) is 14.0. The van der Waals surface area contributed by atoms with Gasteiger partial charge in [-0.15, -0.1) is 0 Å². The summed E-state index contributed by atoms with van der Waals surface area (Å²) in [6.45, 7) is 6.25. The van der Waals surface area contributed by atoms with Crippen LogP contribution in [0.2, 0.25) is 0 Å². The zero-order valence-electron chi connectivity index (χ0n) is 19.0. The van der Waals surface area contributed by atoms with Crippen LogP contribution < -0.4 is 15.5 Å². The molecule has 6 nitrogen and oxygen atoms in total. The van der Waals surface area contributed by atoms with Crippen molar-refractivity contribution in [3.63, 3.8) is 0 Å². The van der Waals surface area contributed by atoms with Crippen molar-refractivity contribution in [2.45, 2.75) is 13.5 Å². The molecule has 4 rings (SSSR count). The quantitative estimate of drug-likeness (QED) is 0.586. The van der Waals surface area contributed by atoms with Crippen molar-refractivity contribution < 1.29 is 9.59 Å². The Hall–Kier alpha value is -3.64. The summed E-state index contributed by atoms with van der Waals surface area (Å²) < 4.78 is 0. The molecule has 1 aliphatic rings. The molecule has 0 aliphatic carbocycles. The monoisotopic (exact) mass is 442 g/mol. The average molecular weight is 443 g/mol. The van der Waals surface area contributed by atoms with Crippen LogP contribution in [0.4, 0.5) is 11.4 Å². The summed E-state index contributed by atoms with van der Waals surface area (Å²) >= 11 is 0. The zero-order chi connectivity index (χ0) is 23.0. The number of amides is 2. The summed E-state index contributed by atoms with van der Waals surface area (Å²) in [6.07, 6.45) is 0. The Bertz CT molecular complexity index is 1090. The fourth-order valence-corrected chi connectivity index (χ4v) is 4.05. The second-order valence-electron chi connectivity index (χ2n) is 8.36. The standard InChI is InChI=1S/C27H30N4O2/c1-21-8-7-11-23(18-21)31-16-14-30(15-17-31)20-26(32)29-25-13-6-5-12-24(25)27(33)28-19-22-9-3-2-4-10-22/h2-13,18H,14-17,19-20H2,1H3,(H,28,33)(H,29,32). The van der Waals surface area contributed by atoms with Crippen LogP contribution in [-0.2, 0) is 11.3 Å². The van der Waals surface area contributed by atoms with Gasteiger partial charge in [0, 0.05) is 38.4 Å². The maximum Gasteiger partial charge on any atom is 0.253 e. The number of nitrogens with one attached hydrogen (secondary N) is 2. The predicted molar refractivity (Wildman–Crippen MR) is 133 cm³/mol. The predicted octanol–water partition coefficient (Wildman–Crippen LogP) is 3.69. The Morgan fingerprint density at radius 1 is 0.848 bits per heavy atom. The maximum atomic E-state index is 12.7. The third-order valence-electron chi connectivity index (χ3n) is 5.85. The van der Waals surface area contributed by atoms with Gasteiger partial charge in [0.1, 0.15) is 0 Å². The molecule has 2 N–H and O–H groups in total. The molecule has 0 saturated carbocycles. The Kier molecular flexibility index (Phi) is 7.37. The van der Waals surface area contributed by atoms with Gasteiger partial charge in [0.05, 0.1) is 17.8 Å². The molecule has 0 unspecified atom stereocenters. The van der Waals surface area contributed by atoms with E-state index in [9.17, 15) is 9.59 Å². The van der Waals surface area contributed by atoms with Gasteiger partial charge in [0.2, 0.25) is 5.91 Å². The second-order valence-corrected chi connectivity index (χ2v) is 8.36.